The Labute approximate surface area is 61.1 Å². The second-order valence-corrected chi connectivity index (χ2v) is 2.09. The molecule has 0 amide bonds. The summed E-state index contributed by atoms with van der Waals surface area (Å²) in [5.74, 6) is 1.51. The van der Waals surface area contributed by atoms with E-state index in [1.54, 1.807) is 0 Å². The maximum absolute atomic E-state index is 9.21. The van der Waals surface area contributed by atoms with E-state index in [0.29, 0.717) is 0 Å². The van der Waals surface area contributed by atoms with E-state index < -0.39 is 6.92 Å². The molecule has 1 nitrogen and oxygen atoms in total. The van der Waals surface area contributed by atoms with Gasteiger partial charge in [-0.25, -0.2) is 0 Å². The quantitative estimate of drug-likeness (QED) is 0.584. The third-order valence-corrected chi connectivity index (χ3v) is 1.36. The third kappa shape index (κ3) is 1.48. The Hall–Kier alpha value is -1.02. The summed E-state index contributed by atoms with van der Waals surface area (Å²) >= 11 is 0. The van der Waals surface area contributed by atoms with Gasteiger partial charge in [0, 0.05) is 0 Å². The van der Waals surface area contributed by atoms with Crippen LogP contribution < -0.4 is 5.46 Å². The van der Waals surface area contributed by atoms with Gasteiger partial charge >= 0.3 is 6.92 Å². The lowest BCUT2D eigenvalue weighted by Crippen LogP contribution is -2.27. The average Bonchev–Trinajstić information content (AvgIpc) is 2.05. The monoisotopic (exact) mass is 132 g/mol. The van der Waals surface area contributed by atoms with Crippen molar-refractivity contribution in [2.45, 2.75) is 0 Å². The molecule has 1 aromatic carbocycles. The van der Waals surface area contributed by atoms with Crippen molar-refractivity contribution in [3.8, 4) is 0 Å². The van der Waals surface area contributed by atoms with Crippen LogP contribution >= 0.6 is 0 Å². The molecule has 0 saturated carbocycles. The highest BCUT2D eigenvalue weighted by Crippen LogP contribution is 1.85. The Morgan fingerprint density at radius 2 is 1.90 bits per heavy atom. The molecule has 2 heteroatoms. The molecule has 1 aromatic rings. The van der Waals surface area contributed by atoms with Gasteiger partial charge in [0.25, 0.3) is 0 Å². The lowest BCUT2D eigenvalue weighted by Gasteiger charge is -1.97. The zero-order chi connectivity index (χ0) is 7.40. The van der Waals surface area contributed by atoms with Crippen molar-refractivity contribution in [3.05, 3.63) is 42.9 Å². The molecule has 0 bridgehead atoms. The van der Waals surface area contributed by atoms with Crippen LogP contribution in [0.25, 0.3) is 0 Å². The zero-order valence-electron chi connectivity index (χ0n) is 5.70. The number of hydrogen-bond donors (Lipinski definition) is 1. The SMILES string of the molecule is C=CB(O)c1ccccc1. The van der Waals surface area contributed by atoms with Crippen LogP contribution in [0.15, 0.2) is 42.9 Å². The third-order valence-electron chi connectivity index (χ3n) is 1.36. The highest BCUT2D eigenvalue weighted by atomic mass is 16.2. The molecule has 0 aliphatic heterocycles. The summed E-state index contributed by atoms with van der Waals surface area (Å²) < 4.78 is 0. The van der Waals surface area contributed by atoms with Crippen molar-refractivity contribution in [2.75, 3.05) is 0 Å². The minimum atomic E-state index is -0.527. The Bertz CT molecular complexity index is 208. The summed E-state index contributed by atoms with van der Waals surface area (Å²) in [7, 11) is 0. The van der Waals surface area contributed by atoms with Gasteiger partial charge in [-0.1, -0.05) is 36.3 Å². The van der Waals surface area contributed by atoms with E-state index in [-0.39, 0.29) is 0 Å². The van der Waals surface area contributed by atoms with Gasteiger partial charge in [0.15, 0.2) is 0 Å². The topological polar surface area (TPSA) is 20.2 Å². The van der Waals surface area contributed by atoms with Gasteiger partial charge in [0.1, 0.15) is 0 Å². The van der Waals surface area contributed by atoms with Crippen LogP contribution in [-0.4, -0.2) is 11.9 Å². The summed E-state index contributed by atoms with van der Waals surface area (Å²) in [5.41, 5.74) is 0.887. The maximum Gasteiger partial charge on any atom is 0.350 e. The van der Waals surface area contributed by atoms with Crippen molar-refractivity contribution < 1.29 is 5.02 Å². The number of benzene rings is 1. The molecule has 0 unspecified atom stereocenters. The predicted molar refractivity (Wildman–Crippen MR) is 44.2 cm³/mol. The van der Waals surface area contributed by atoms with E-state index >= 15 is 0 Å². The number of hydrogen-bond acceptors (Lipinski definition) is 1. The molecule has 0 saturated heterocycles. The second-order valence-electron chi connectivity index (χ2n) is 2.09. The first kappa shape index (κ1) is 7.10. The molecule has 0 aliphatic rings. The minimum absolute atomic E-state index is 0.527. The summed E-state index contributed by atoms with van der Waals surface area (Å²) in [5, 5.41) is 9.21. The largest absolute Gasteiger partial charge is 0.443 e. The Morgan fingerprint density at radius 1 is 1.30 bits per heavy atom. The highest BCUT2D eigenvalue weighted by Gasteiger charge is 2.05. The molecule has 1 rings (SSSR count). The summed E-state index contributed by atoms with van der Waals surface area (Å²) in [6.45, 7) is 2.96. The zero-order valence-corrected chi connectivity index (χ0v) is 5.70. The fourth-order valence-electron chi connectivity index (χ4n) is 0.786. The molecule has 50 valence electrons. The fraction of sp³-hybridized carbons (Fsp3) is 0. The predicted octanol–water partition coefficient (Wildman–Crippen LogP) is 0.603. The van der Waals surface area contributed by atoms with Crippen molar-refractivity contribution in [1.29, 1.82) is 0 Å². The molecule has 0 aromatic heterocycles. The molecule has 0 fully saturated rings. The van der Waals surface area contributed by atoms with Crippen LogP contribution in [-0.2, 0) is 0 Å². The number of rotatable bonds is 2. The van der Waals surface area contributed by atoms with Gasteiger partial charge in [-0.2, -0.15) is 0 Å². The van der Waals surface area contributed by atoms with Gasteiger partial charge in [-0.05, 0) is 5.46 Å². The standard InChI is InChI=1S/C8H9BO/c1-2-9(10)8-6-4-3-5-7-8/h2-7,10H,1H2. The van der Waals surface area contributed by atoms with Crippen LogP contribution in [0.3, 0.4) is 0 Å². The van der Waals surface area contributed by atoms with E-state index in [9.17, 15) is 5.02 Å². The highest BCUT2D eigenvalue weighted by molar-refractivity contribution is 6.70. The summed E-state index contributed by atoms with van der Waals surface area (Å²) in [6.07, 6.45) is 0. The lowest BCUT2D eigenvalue weighted by atomic mass is 9.62. The van der Waals surface area contributed by atoms with E-state index in [1.807, 2.05) is 30.3 Å². The van der Waals surface area contributed by atoms with Gasteiger partial charge in [-0.15, -0.1) is 6.58 Å². The van der Waals surface area contributed by atoms with Gasteiger partial charge in [-0.3, -0.25) is 0 Å². The summed E-state index contributed by atoms with van der Waals surface area (Å²) in [4.78, 5) is 0. The molecule has 0 aliphatic carbocycles. The molecular formula is C8H9BO. The molecule has 1 N–H and O–H groups in total. The van der Waals surface area contributed by atoms with Crippen LogP contribution in [0, 0.1) is 0 Å². The molecule has 0 heterocycles. The lowest BCUT2D eigenvalue weighted by molar-refractivity contribution is 0.599. The normalized spacial score (nSPS) is 8.90. The second kappa shape index (κ2) is 3.23. The summed E-state index contributed by atoms with van der Waals surface area (Å²) in [6, 6.07) is 9.43. The Morgan fingerprint density at radius 3 is 2.40 bits per heavy atom. The Balaban J connectivity index is 2.84. The van der Waals surface area contributed by atoms with Crippen LogP contribution in [0.2, 0.25) is 0 Å². The fourth-order valence-corrected chi connectivity index (χ4v) is 0.786. The molecule has 10 heavy (non-hydrogen) atoms. The molecule has 0 radical (unpaired) electrons. The molecular weight excluding hydrogens is 123 g/mol. The minimum Gasteiger partial charge on any atom is -0.443 e. The van der Waals surface area contributed by atoms with Crippen molar-refractivity contribution in [1.82, 2.24) is 0 Å². The first-order valence-electron chi connectivity index (χ1n) is 3.20. The van der Waals surface area contributed by atoms with E-state index in [0.717, 1.165) is 5.46 Å². The molecule has 0 atom stereocenters. The van der Waals surface area contributed by atoms with Gasteiger partial charge < -0.3 is 5.02 Å². The first-order valence-corrected chi connectivity index (χ1v) is 3.20. The van der Waals surface area contributed by atoms with Crippen molar-refractivity contribution in [2.24, 2.45) is 0 Å². The van der Waals surface area contributed by atoms with Crippen molar-refractivity contribution in [3.63, 3.8) is 0 Å². The molecule has 0 spiro atoms. The van der Waals surface area contributed by atoms with E-state index in [1.165, 1.54) is 5.98 Å². The van der Waals surface area contributed by atoms with E-state index in [4.69, 9.17) is 0 Å². The van der Waals surface area contributed by atoms with Crippen LogP contribution in [0.4, 0.5) is 0 Å². The van der Waals surface area contributed by atoms with Gasteiger partial charge in [0.2, 0.25) is 0 Å². The first-order chi connectivity index (χ1) is 4.84. The Kier molecular flexibility index (Phi) is 2.29. The smallest absolute Gasteiger partial charge is 0.350 e. The maximum atomic E-state index is 9.21. The van der Waals surface area contributed by atoms with Crippen molar-refractivity contribution >= 4 is 12.4 Å². The van der Waals surface area contributed by atoms with E-state index in [2.05, 4.69) is 6.58 Å². The van der Waals surface area contributed by atoms with Gasteiger partial charge in [0.05, 0.1) is 0 Å². The van der Waals surface area contributed by atoms with Crippen LogP contribution in [0.1, 0.15) is 0 Å². The van der Waals surface area contributed by atoms with Crippen LogP contribution in [0.5, 0.6) is 0 Å². The average molecular weight is 132 g/mol.